The fourth-order valence-electron chi connectivity index (χ4n) is 4.74. The maximum Gasteiger partial charge on any atom is 0.253 e. The van der Waals surface area contributed by atoms with Crippen LogP contribution in [-0.2, 0) is 9.53 Å². The van der Waals surface area contributed by atoms with Crippen molar-refractivity contribution < 1.29 is 14.3 Å². The zero-order valence-electron chi connectivity index (χ0n) is 15.5. The van der Waals surface area contributed by atoms with Gasteiger partial charge in [-0.15, -0.1) is 0 Å². The Hall–Kier alpha value is -1.88. The molecule has 26 heavy (non-hydrogen) atoms. The first-order valence-corrected chi connectivity index (χ1v) is 9.90. The van der Waals surface area contributed by atoms with Gasteiger partial charge in [-0.3, -0.25) is 9.59 Å². The van der Waals surface area contributed by atoms with E-state index in [-0.39, 0.29) is 29.4 Å². The number of rotatable bonds is 2. The summed E-state index contributed by atoms with van der Waals surface area (Å²) in [5, 5.41) is 0. The minimum atomic E-state index is -0.285. The van der Waals surface area contributed by atoms with E-state index in [0.717, 1.165) is 50.8 Å². The van der Waals surface area contributed by atoms with E-state index in [1.807, 2.05) is 40.1 Å². The van der Waals surface area contributed by atoms with Gasteiger partial charge in [0.15, 0.2) is 0 Å². The molecule has 0 aliphatic carbocycles. The van der Waals surface area contributed by atoms with Crippen LogP contribution >= 0.6 is 0 Å². The second-order valence-electron chi connectivity index (χ2n) is 8.01. The normalized spacial score (nSPS) is 31.6. The molecule has 3 aliphatic rings. The highest BCUT2D eigenvalue weighted by atomic mass is 16.5. The fraction of sp³-hybridized carbons (Fsp3) is 0.619. The summed E-state index contributed by atoms with van der Waals surface area (Å²) >= 11 is 0. The van der Waals surface area contributed by atoms with Crippen molar-refractivity contribution in [1.29, 1.82) is 0 Å². The summed E-state index contributed by atoms with van der Waals surface area (Å²) < 4.78 is 6.38. The SMILES string of the molecule is CC1CN(C(=O)c2ccccc2)CCC12CCC(C(=O)N1CCCC1)O2. The van der Waals surface area contributed by atoms with Crippen LogP contribution in [0.25, 0.3) is 0 Å². The van der Waals surface area contributed by atoms with E-state index in [4.69, 9.17) is 4.74 Å². The fourth-order valence-corrected chi connectivity index (χ4v) is 4.74. The number of likely N-dealkylation sites (tertiary alicyclic amines) is 2. The van der Waals surface area contributed by atoms with E-state index in [1.165, 1.54) is 0 Å². The summed E-state index contributed by atoms with van der Waals surface area (Å²) in [5.41, 5.74) is 0.498. The van der Waals surface area contributed by atoms with E-state index in [1.54, 1.807) is 0 Å². The largest absolute Gasteiger partial charge is 0.362 e. The first-order chi connectivity index (χ1) is 12.6. The molecule has 0 saturated carbocycles. The Morgan fingerprint density at radius 2 is 1.77 bits per heavy atom. The zero-order valence-corrected chi connectivity index (χ0v) is 15.5. The van der Waals surface area contributed by atoms with Crippen molar-refractivity contribution in [1.82, 2.24) is 9.80 Å². The third-order valence-corrected chi connectivity index (χ3v) is 6.41. The van der Waals surface area contributed by atoms with Crippen LogP contribution in [-0.4, -0.2) is 59.5 Å². The van der Waals surface area contributed by atoms with Gasteiger partial charge < -0.3 is 14.5 Å². The number of hydrogen-bond acceptors (Lipinski definition) is 3. The molecule has 3 atom stereocenters. The summed E-state index contributed by atoms with van der Waals surface area (Å²) in [5.74, 6) is 0.504. The summed E-state index contributed by atoms with van der Waals surface area (Å²) in [7, 11) is 0. The van der Waals surface area contributed by atoms with Gasteiger partial charge in [-0.1, -0.05) is 25.1 Å². The quantitative estimate of drug-likeness (QED) is 0.819. The van der Waals surface area contributed by atoms with Gasteiger partial charge in [0.1, 0.15) is 6.10 Å². The van der Waals surface area contributed by atoms with Crippen LogP contribution in [0.5, 0.6) is 0 Å². The molecule has 0 bridgehead atoms. The minimum Gasteiger partial charge on any atom is -0.362 e. The summed E-state index contributed by atoms with van der Waals surface area (Å²) in [6.45, 7) is 5.30. The van der Waals surface area contributed by atoms with Crippen molar-refractivity contribution in [3.05, 3.63) is 35.9 Å². The molecule has 0 radical (unpaired) electrons. The standard InChI is InChI=1S/C21H28N2O3/c1-16-15-23(19(24)17-7-3-2-4-8-17)14-11-21(16)10-9-18(26-21)20(25)22-12-5-6-13-22/h2-4,7-8,16,18H,5-6,9-15H2,1H3. The van der Waals surface area contributed by atoms with Crippen LogP contribution in [0.3, 0.4) is 0 Å². The molecule has 4 rings (SSSR count). The molecule has 3 fully saturated rings. The number of carbonyl (C=O) groups excluding carboxylic acids is 2. The van der Waals surface area contributed by atoms with Gasteiger partial charge in [0.25, 0.3) is 11.8 Å². The first-order valence-electron chi connectivity index (χ1n) is 9.90. The summed E-state index contributed by atoms with van der Waals surface area (Å²) in [6, 6.07) is 9.46. The third kappa shape index (κ3) is 3.13. The molecular formula is C21H28N2O3. The van der Waals surface area contributed by atoms with E-state index in [2.05, 4.69) is 6.92 Å². The molecular weight excluding hydrogens is 328 g/mol. The highest BCUT2D eigenvalue weighted by Crippen LogP contribution is 2.43. The first kappa shape index (κ1) is 17.5. The Balaban J connectivity index is 1.39. The number of hydrogen-bond donors (Lipinski definition) is 0. The van der Waals surface area contributed by atoms with E-state index < -0.39 is 0 Å². The molecule has 1 aromatic carbocycles. The Bertz CT molecular complexity index is 671. The Morgan fingerprint density at radius 3 is 2.46 bits per heavy atom. The molecule has 1 aromatic rings. The van der Waals surface area contributed by atoms with Crippen LogP contribution in [0.4, 0.5) is 0 Å². The van der Waals surface area contributed by atoms with Gasteiger partial charge in [-0.2, -0.15) is 0 Å². The molecule has 3 unspecified atom stereocenters. The molecule has 5 nitrogen and oxygen atoms in total. The van der Waals surface area contributed by atoms with Crippen LogP contribution in [0.2, 0.25) is 0 Å². The van der Waals surface area contributed by atoms with Gasteiger partial charge in [-0.25, -0.2) is 0 Å². The molecule has 0 aromatic heterocycles. The second kappa shape index (κ2) is 7.03. The van der Waals surface area contributed by atoms with Crippen LogP contribution in [0.1, 0.15) is 49.4 Å². The highest BCUT2D eigenvalue weighted by Gasteiger charge is 2.50. The summed E-state index contributed by atoms with van der Waals surface area (Å²) in [6.07, 6.45) is 4.48. The summed E-state index contributed by atoms with van der Waals surface area (Å²) in [4.78, 5) is 29.3. The molecule has 2 amide bonds. The van der Waals surface area contributed by atoms with Gasteiger partial charge in [0.2, 0.25) is 0 Å². The number of piperidine rings is 1. The predicted octanol–water partition coefficient (Wildman–Crippen LogP) is 2.71. The van der Waals surface area contributed by atoms with Gasteiger partial charge in [0, 0.05) is 37.7 Å². The van der Waals surface area contributed by atoms with Crippen molar-refractivity contribution in [3.8, 4) is 0 Å². The van der Waals surface area contributed by atoms with Crippen LogP contribution in [0.15, 0.2) is 30.3 Å². The van der Waals surface area contributed by atoms with E-state index >= 15 is 0 Å². The molecule has 0 N–H and O–H groups in total. The lowest BCUT2D eigenvalue weighted by Crippen LogP contribution is -2.53. The van der Waals surface area contributed by atoms with Crippen molar-refractivity contribution >= 4 is 11.8 Å². The second-order valence-corrected chi connectivity index (χ2v) is 8.01. The minimum absolute atomic E-state index is 0.0926. The zero-order chi connectivity index (χ0) is 18.1. The molecule has 140 valence electrons. The number of nitrogens with zero attached hydrogens (tertiary/aromatic N) is 2. The van der Waals surface area contributed by atoms with Gasteiger partial charge >= 0.3 is 0 Å². The molecule has 3 heterocycles. The van der Waals surface area contributed by atoms with Crippen LogP contribution < -0.4 is 0 Å². The smallest absolute Gasteiger partial charge is 0.253 e. The number of amides is 2. The lowest BCUT2D eigenvalue weighted by molar-refractivity contribution is -0.154. The van der Waals surface area contributed by atoms with Gasteiger partial charge in [-0.05, 0) is 44.2 Å². The Kier molecular flexibility index (Phi) is 4.74. The highest BCUT2D eigenvalue weighted by molar-refractivity contribution is 5.94. The molecule has 5 heteroatoms. The predicted molar refractivity (Wildman–Crippen MR) is 98.8 cm³/mol. The third-order valence-electron chi connectivity index (χ3n) is 6.41. The maximum atomic E-state index is 12.7. The monoisotopic (exact) mass is 356 g/mol. The van der Waals surface area contributed by atoms with Gasteiger partial charge in [0.05, 0.1) is 5.60 Å². The maximum absolute atomic E-state index is 12.7. The number of benzene rings is 1. The van der Waals surface area contributed by atoms with E-state index in [0.29, 0.717) is 13.1 Å². The molecule has 3 saturated heterocycles. The van der Waals surface area contributed by atoms with Crippen molar-refractivity contribution in [2.75, 3.05) is 26.2 Å². The average molecular weight is 356 g/mol. The molecule has 3 aliphatic heterocycles. The lowest BCUT2D eigenvalue weighted by atomic mass is 9.80. The van der Waals surface area contributed by atoms with Crippen molar-refractivity contribution in [2.24, 2.45) is 5.92 Å². The Labute approximate surface area is 155 Å². The molecule has 1 spiro atoms. The van der Waals surface area contributed by atoms with Crippen LogP contribution in [0, 0.1) is 5.92 Å². The lowest BCUT2D eigenvalue weighted by Gasteiger charge is -2.44. The van der Waals surface area contributed by atoms with E-state index in [9.17, 15) is 9.59 Å². The number of carbonyl (C=O) groups is 2. The number of ether oxygens (including phenoxy) is 1. The Morgan fingerprint density at radius 1 is 1.04 bits per heavy atom. The van der Waals surface area contributed by atoms with Crippen molar-refractivity contribution in [3.63, 3.8) is 0 Å². The topological polar surface area (TPSA) is 49.9 Å². The average Bonchev–Trinajstić information content (AvgIpc) is 3.35. The van der Waals surface area contributed by atoms with Crippen molar-refractivity contribution in [2.45, 2.75) is 50.7 Å².